The molecule has 1 aromatic carbocycles. The van der Waals surface area contributed by atoms with Crippen molar-refractivity contribution in [2.75, 3.05) is 0 Å². The lowest BCUT2D eigenvalue weighted by Gasteiger charge is -2.17. The lowest BCUT2D eigenvalue weighted by atomic mass is 9.89. The van der Waals surface area contributed by atoms with Crippen LogP contribution in [0.2, 0.25) is 5.02 Å². The summed E-state index contributed by atoms with van der Waals surface area (Å²) in [7, 11) is 0. The molecule has 0 heterocycles. The van der Waals surface area contributed by atoms with Crippen molar-refractivity contribution in [3.8, 4) is 0 Å². The Labute approximate surface area is 85.9 Å². The van der Waals surface area contributed by atoms with Gasteiger partial charge >= 0.3 is 0 Å². The van der Waals surface area contributed by atoms with Crippen molar-refractivity contribution in [3.05, 3.63) is 41.8 Å². The second-order valence-electron chi connectivity index (χ2n) is 4.29. The number of halogens is 1. The zero-order chi connectivity index (χ0) is 9.90. The summed E-state index contributed by atoms with van der Waals surface area (Å²) in [6, 6.07) is 8.03. The maximum atomic E-state index is 5.88. The first-order valence-corrected chi connectivity index (χ1v) is 4.95. The van der Waals surface area contributed by atoms with Crippen LogP contribution in [0.3, 0.4) is 0 Å². The molecule has 0 spiro atoms. The largest absolute Gasteiger partial charge is 0.0843 e. The molecule has 0 atom stereocenters. The van der Waals surface area contributed by atoms with E-state index in [0.29, 0.717) is 0 Å². The summed E-state index contributed by atoms with van der Waals surface area (Å²) in [5.74, 6) is 0. The first-order chi connectivity index (χ1) is 5.97. The fourth-order valence-corrected chi connectivity index (χ4v) is 1.39. The van der Waals surface area contributed by atoms with Crippen LogP contribution in [0.15, 0.2) is 24.3 Å². The highest BCUT2D eigenvalue weighted by Crippen LogP contribution is 2.21. The second kappa shape index (κ2) is 4.15. The molecule has 0 nitrogen and oxygen atoms in total. The summed E-state index contributed by atoms with van der Waals surface area (Å²) in [6.45, 7) is 8.38. The van der Waals surface area contributed by atoms with Gasteiger partial charge < -0.3 is 0 Å². The van der Waals surface area contributed by atoms with E-state index in [-0.39, 0.29) is 5.41 Å². The normalized spacial score (nSPS) is 11.7. The van der Waals surface area contributed by atoms with Crippen LogP contribution in [0.1, 0.15) is 25.8 Å². The average molecular weight is 196 g/mol. The molecule has 0 N–H and O–H groups in total. The van der Waals surface area contributed by atoms with Crippen LogP contribution in [0.25, 0.3) is 0 Å². The Morgan fingerprint density at radius 1 is 1.38 bits per heavy atom. The van der Waals surface area contributed by atoms with Gasteiger partial charge in [0.15, 0.2) is 0 Å². The molecule has 0 amide bonds. The third-order valence-corrected chi connectivity index (χ3v) is 2.21. The molecule has 0 saturated carbocycles. The summed E-state index contributed by atoms with van der Waals surface area (Å²) in [5.41, 5.74) is 1.45. The standard InChI is InChI=1S/C12H16Cl/c1-12(2,3)8-7-10-5-4-6-11(13)9-10/h4-6,9H,1,7-8H2,2-3H3. The molecule has 0 saturated heterocycles. The van der Waals surface area contributed by atoms with E-state index in [2.05, 4.69) is 26.8 Å². The summed E-state index contributed by atoms with van der Waals surface area (Å²) in [5, 5.41) is 0.819. The van der Waals surface area contributed by atoms with Gasteiger partial charge in [-0.15, -0.1) is 0 Å². The van der Waals surface area contributed by atoms with Crippen molar-refractivity contribution in [2.45, 2.75) is 26.7 Å². The van der Waals surface area contributed by atoms with E-state index >= 15 is 0 Å². The van der Waals surface area contributed by atoms with Crippen LogP contribution < -0.4 is 0 Å². The van der Waals surface area contributed by atoms with Crippen LogP contribution in [0, 0.1) is 12.3 Å². The molecule has 71 valence electrons. The minimum absolute atomic E-state index is 0.155. The van der Waals surface area contributed by atoms with Gasteiger partial charge in [-0.25, -0.2) is 0 Å². The molecule has 1 heteroatoms. The van der Waals surface area contributed by atoms with Gasteiger partial charge in [-0.05, 0) is 42.9 Å². The topological polar surface area (TPSA) is 0 Å². The van der Waals surface area contributed by atoms with Crippen molar-refractivity contribution >= 4 is 11.6 Å². The first kappa shape index (κ1) is 10.6. The zero-order valence-electron chi connectivity index (χ0n) is 8.31. The van der Waals surface area contributed by atoms with Gasteiger partial charge in [-0.3, -0.25) is 0 Å². The molecular formula is C12H16Cl. The van der Waals surface area contributed by atoms with Gasteiger partial charge in [0, 0.05) is 5.02 Å². The average Bonchev–Trinajstić information content (AvgIpc) is 2.00. The van der Waals surface area contributed by atoms with Crippen LogP contribution >= 0.6 is 11.6 Å². The van der Waals surface area contributed by atoms with Crippen molar-refractivity contribution in [1.29, 1.82) is 0 Å². The molecule has 1 rings (SSSR count). The Morgan fingerprint density at radius 3 is 2.62 bits per heavy atom. The van der Waals surface area contributed by atoms with Gasteiger partial charge in [0.25, 0.3) is 0 Å². The van der Waals surface area contributed by atoms with Crippen LogP contribution in [0.4, 0.5) is 0 Å². The van der Waals surface area contributed by atoms with Crippen molar-refractivity contribution < 1.29 is 0 Å². The quantitative estimate of drug-likeness (QED) is 0.681. The van der Waals surface area contributed by atoms with Crippen LogP contribution in [0.5, 0.6) is 0 Å². The maximum absolute atomic E-state index is 5.88. The number of benzene rings is 1. The van der Waals surface area contributed by atoms with Gasteiger partial charge in [0.05, 0.1) is 0 Å². The molecule has 0 aliphatic rings. The first-order valence-electron chi connectivity index (χ1n) is 4.57. The number of hydrogen-bond acceptors (Lipinski definition) is 0. The third-order valence-electron chi connectivity index (χ3n) is 1.98. The molecule has 1 aromatic rings. The smallest absolute Gasteiger partial charge is 0.0408 e. The molecule has 0 aromatic heterocycles. The fourth-order valence-electron chi connectivity index (χ4n) is 1.18. The van der Waals surface area contributed by atoms with Gasteiger partial charge in [0.2, 0.25) is 0 Å². The second-order valence-corrected chi connectivity index (χ2v) is 4.73. The Morgan fingerprint density at radius 2 is 2.08 bits per heavy atom. The molecule has 0 fully saturated rings. The Hall–Kier alpha value is -0.490. The van der Waals surface area contributed by atoms with Crippen molar-refractivity contribution in [2.24, 2.45) is 5.41 Å². The molecule has 13 heavy (non-hydrogen) atoms. The summed E-state index contributed by atoms with van der Waals surface area (Å²) < 4.78 is 0. The Bertz CT molecular complexity index is 271. The molecule has 0 bridgehead atoms. The van der Waals surface area contributed by atoms with Crippen molar-refractivity contribution in [3.63, 3.8) is 0 Å². The van der Waals surface area contributed by atoms with E-state index in [1.165, 1.54) is 5.56 Å². The van der Waals surface area contributed by atoms with E-state index in [1.54, 1.807) is 0 Å². The molecule has 1 radical (unpaired) electrons. The van der Waals surface area contributed by atoms with Gasteiger partial charge in [-0.1, -0.05) is 37.6 Å². The highest BCUT2D eigenvalue weighted by molar-refractivity contribution is 6.30. The van der Waals surface area contributed by atoms with Crippen molar-refractivity contribution in [1.82, 2.24) is 0 Å². The molecule has 0 unspecified atom stereocenters. The lowest BCUT2D eigenvalue weighted by molar-refractivity contribution is 0.433. The molecular weight excluding hydrogens is 180 g/mol. The summed E-state index contributed by atoms with van der Waals surface area (Å²) >= 11 is 5.88. The zero-order valence-corrected chi connectivity index (χ0v) is 9.06. The highest BCUT2D eigenvalue weighted by atomic mass is 35.5. The number of aryl methyl sites for hydroxylation is 1. The number of hydrogen-bond donors (Lipinski definition) is 0. The molecule has 0 aliphatic heterocycles. The number of rotatable bonds is 3. The van der Waals surface area contributed by atoms with Gasteiger partial charge in [0.1, 0.15) is 0 Å². The fraction of sp³-hybridized carbons (Fsp3) is 0.417. The van der Waals surface area contributed by atoms with Crippen LogP contribution in [-0.4, -0.2) is 0 Å². The van der Waals surface area contributed by atoms with E-state index in [0.717, 1.165) is 17.9 Å². The van der Waals surface area contributed by atoms with E-state index in [9.17, 15) is 0 Å². The highest BCUT2D eigenvalue weighted by Gasteiger charge is 2.09. The van der Waals surface area contributed by atoms with Gasteiger partial charge in [-0.2, -0.15) is 0 Å². The Balaban J connectivity index is 2.55. The minimum atomic E-state index is 0.155. The predicted molar refractivity (Wildman–Crippen MR) is 58.9 cm³/mol. The lowest BCUT2D eigenvalue weighted by Crippen LogP contribution is -2.06. The van der Waals surface area contributed by atoms with Crippen LogP contribution in [-0.2, 0) is 6.42 Å². The maximum Gasteiger partial charge on any atom is 0.0408 e. The molecule has 0 aliphatic carbocycles. The summed E-state index contributed by atoms with van der Waals surface area (Å²) in [4.78, 5) is 0. The monoisotopic (exact) mass is 195 g/mol. The SMILES string of the molecule is [CH2]C(C)(C)CCc1cccc(Cl)c1. The minimum Gasteiger partial charge on any atom is -0.0843 e. The van der Waals surface area contributed by atoms with E-state index in [1.807, 2.05) is 18.2 Å². The van der Waals surface area contributed by atoms with E-state index in [4.69, 9.17) is 11.6 Å². The third kappa shape index (κ3) is 4.33. The van der Waals surface area contributed by atoms with E-state index < -0.39 is 0 Å². The predicted octanol–water partition coefficient (Wildman–Crippen LogP) is 4.13. The Kier molecular flexibility index (Phi) is 3.38. The summed E-state index contributed by atoms with van der Waals surface area (Å²) in [6.07, 6.45) is 2.14.